The minimum Gasteiger partial charge on any atom is -0.497 e. The van der Waals surface area contributed by atoms with E-state index < -0.39 is 18.2 Å². The first kappa shape index (κ1) is 19.3. The van der Waals surface area contributed by atoms with Crippen LogP contribution in [0.5, 0.6) is 11.5 Å². The average Bonchev–Trinajstić information content (AvgIpc) is 2.67. The molecular weight excluding hydrogens is 334 g/mol. The highest BCUT2D eigenvalue weighted by atomic mass is 16.6. The quantitative estimate of drug-likeness (QED) is 0.736. The number of methoxy groups -OCH3 is 1. The predicted octanol–water partition coefficient (Wildman–Crippen LogP) is 2.71. The summed E-state index contributed by atoms with van der Waals surface area (Å²) in [6.45, 7) is 3.44. The number of carbonyl (C=O) groups is 2. The second-order valence-electron chi connectivity index (χ2n) is 5.72. The number of amides is 1. The zero-order chi connectivity index (χ0) is 18.9. The van der Waals surface area contributed by atoms with Crippen molar-refractivity contribution in [3.05, 3.63) is 60.2 Å². The first-order valence-electron chi connectivity index (χ1n) is 8.32. The van der Waals surface area contributed by atoms with Crippen LogP contribution in [-0.2, 0) is 20.9 Å². The number of hydrogen-bond donors (Lipinski definition) is 1. The summed E-state index contributed by atoms with van der Waals surface area (Å²) in [6.07, 6.45) is -1.73. The molecule has 0 aliphatic rings. The third-order valence-corrected chi connectivity index (χ3v) is 3.68. The number of ether oxygens (including phenoxy) is 3. The fourth-order valence-electron chi connectivity index (χ4n) is 2.15. The van der Waals surface area contributed by atoms with Crippen molar-refractivity contribution < 1.29 is 23.8 Å². The molecule has 2 atom stereocenters. The molecule has 0 aromatic heterocycles. The third-order valence-electron chi connectivity index (χ3n) is 3.68. The lowest BCUT2D eigenvalue weighted by Crippen LogP contribution is -2.38. The smallest absolute Gasteiger partial charge is 0.347 e. The molecule has 0 saturated heterocycles. The van der Waals surface area contributed by atoms with Crippen molar-refractivity contribution in [2.24, 2.45) is 0 Å². The van der Waals surface area contributed by atoms with Crippen LogP contribution in [0.4, 0.5) is 0 Å². The van der Waals surface area contributed by atoms with E-state index in [0.717, 1.165) is 11.3 Å². The van der Waals surface area contributed by atoms with Gasteiger partial charge >= 0.3 is 5.97 Å². The molecule has 2 rings (SSSR count). The van der Waals surface area contributed by atoms with Gasteiger partial charge in [0, 0.05) is 6.54 Å². The van der Waals surface area contributed by atoms with Gasteiger partial charge in [-0.15, -0.1) is 0 Å². The lowest BCUT2D eigenvalue weighted by atomic mass is 10.2. The minimum absolute atomic E-state index is 0.334. The Labute approximate surface area is 153 Å². The van der Waals surface area contributed by atoms with Crippen LogP contribution in [0.3, 0.4) is 0 Å². The molecule has 0 fully saturated rings. The summed E-state index contributed by atoms with van der Waals surface area (Å²) in [5, 5.41) is 2.73. The number of esters is 1. The van der Waals surface area contributed by atoms with Gasteiger partial charge in [0.2, 0.25) is 0 Å². The summed E-state index contributed by atoms with van der Waals surface area (Å²) in [5.41, 5.74) is 0.915. The third kappa shape index (κ3) is 5.81. The Bertz CT molecular complexity index is 715. The molecule has 0 aliphatic heterocycles. The van der Waals surface area contributed by atoms with Crippen LogP contribution in [0.25, 0.3) is 0 Å². The molecule has 0 spiro atoms. The van der Waals surface area contributed by atoms with Gasteiger partial charge in [-0.2, -0.15) is 0 Å². The van der Waals surface area contributed by atoms with E-state index in [0.29, 0.717) is 12.3 Å². The van der Waals surface area contributed by atoms with Crippen LogP contribution in [-0.4, -0.2) is 31.2 Å². The normalized spacial score (nSPS) is 12.6. The van der Waals surface area contributed by atoms with Crippen molar-refractivity contribution in [2.45, 2.75) is 32.6 Å². The summed E-state index contributed by atoms with van der Waals surface area (Å²) < 4.78 is 15.7. The molecule has 1 amide bonds. The minimum atomic E-state index is -0.914. The maximum atomic E-state index is 12.1. The fraction of sp³-hybridized carbons (Fsp3) is 0.300. The fourth-order valence-corrected chi connectivity index (χ4v) is 2.15. The van der Waals surface area contributed by atoms with Crippen LogP contribution >= 0.6 is 0 Å². The number of nitrogens with one attached hydrogen (secondary N) is 1. The lowest BCUT2D eigenvalue weighted by molar-refractivity contribution is -0.160. The zero-order valence-corrected chi connectivity index (χ0v) is 15.1. The van der Waals surface area contributed by atoms with E-state index in [1.54, 1.807) is 26.2 Å². The second-order valence-corrected chi connectivity index (χ2v) is 5.72. The molecule has 138 valence electrons. The SMILES string of the molecule is COc1ccc(CNC(=O)[C@H](C)OC(=O)[C@@H](C)Oc2ccccc2)cc1. The van der Waals surface area contributed by atoms with Crippen molar-refractivity contribution in [3.8, 4) is 11.5 Å². The van der Waals surface area contributed by atoms with Crippen molar-refractivity contribution in [3.63, 3.8) is 0 Å². The number of benzene rings is 2. The highest BCUT2D eigenvalue weighted by molar-refractivity contribution is 5.84. The first-order valence-corrected chi connectivity index (χ1v) is 8.32. The van der Waals surface area contributed by atoms with Crippen molar-refractivity contribution in [1.29, 1.82) is 0 Å². The van der Waals surface area contributed by atoms with Gasteiger partial charge < -0.3 is 19.5 Å². The summed E-state index contributed by atoms with van der Waals surface area (Å²) >= 11 is 0. The number of rotatable bonds is 8. The summed E-state index contributed by atoms with van der Waals surface area (Å²) in [5.74, 6) is 0.338. The first-order chi connectivity index (χ1) is 12.5. The van der Waals surface area contributed by atoms with E-state index in [2.05, 4.69) is 5.32 Å². The van der Waals surface area contributed by atoms with Gasteiger partial charge in [-0.25, -0.2) is 4.79 Å². The Kier molecular flexibility index (Phi) is 7.02. The number of carbonyl (C=O) groups excluding carboxylic acids is 2. The van der Waals surface area contributed by atoms with E-state index in [1.165, 1.54) is 6.92 Å². The molecule has 2 aromatic carbocycles. The van der Waals surface area contributed by atoms with Gasteiger partial charge in [0.25, 0.3) is 5.91 Å². The number of para-hydroxylation sites is 1. The van der Waals surface area contributed by atoms with Gasteiger partial charge in [-0.3, -0.25) is 4.79 Å². The lowest BCUT2D eigenvalue weighted by Gasteiger charge is -2.17. The van der Waals surface area contributed by atoms with Crippen LogP contribution in [0, 0.1) is 0 Å². The Morgan fingerprint density at radius 1 is 0.923 bits per heavy atom. The van der Waals surface area contributed by atoms with Crippen molar-refractivity contribution >= 4 is 11.9 Å². The number of hydrogen-bond acceptors (Lipinski definition) is 5. The Balaban J connectivity index is 1.78. The van der Waals surface area contributed by atoms with Gasteiger partial charge in [-0.1, -0.05) is 30.3 Å². The Morgan fingerprint density at radius 2 is 1.58 bits per heavy atom. The van der Waals surface area contributed by atoms with Crippen molar-refractivity contribution in [1.82, 2.24) is 5.32 Å². The van der Waals surface area contributed by atoms with Gasteiger partial charge in [-0.05, 0) is 43.7 Å². The Hall–Kier alpha value is -3.02. The molecule has 6 nitrogen and oxygen atoms in total. The molecule has 2 aromatic rings. The van der Waals surface area contributed by atoms with Gasteiger partial charge in [0.15, 0.2) is 12.2 Å². The molecule has 0 saturated carbocycles. The topological polar surface area (TPSA) is 73.9 Å². The van der Waals surface area contributed by atoms with Crippen LogP contribution in [0.15, 0.2) is 54.6 Å². The highest BCUT2D eigenvalue weighted by Crippen LogP contribution is 2.13. The molecule has 1 N–H and O–H groups in total. The van der Waals surface area contributed by atoms with Crippen LogP contribution < -0.4 is 14.8 Å². The van der Waals surface area contributed by atoms with E-state index in [4.69, 9.17) is 14.2 Å². The maximum Gasteiger partial charge on any atom is 0.347 e. The average molecular weight is 357 g/mol. The molecule has 26 heavy (non-hydrogen) atoms. The molecule has 0 radical (unpaired) electrons. The maximum absolute atomic E-state index is 12.1. The molecule has 0 heterocycles. The van der Waals surface area contributed by atoms with E-state index in [1.807, 2.05) is 42.5 Å². The van der Waals surface area contributed by atoms with Crippen LogP contribution in [0.2, 0.25) is 0 Å². The van der Waals surface area contributed by atoms with E-state index >= 15 is 0 Å². The van der Waals surface area contributed by atoms with Gasteiger partial charge in [0.1, 0.15) is 11.5 Å². The highest BCUT2D eigenvalue weighted by Gasteiger charge is 2.23. The molecule has 6 heteroatoms. The standard InChI is InChI=1S/C20H23NO5/c1-14(19(22)21-13-16-9-11-17(24-3)12-10-16)26-20(23)15(2)25-18-7-5-4-6-8-18/h4-12,14-15H,13H2,1-3H3,(H,21,22)/t14-,15+/m0/s1. The zero-order valence-electron chi connectivity index (χ0n) is 15.1. The van der Waals surface area contributed by atoms with E-state index in [-0.39, 0.29) is 5.91 Å². The second kappa shape index (κ2) is 9.46. The molecule has 0 aliphatic carbocycles. The molecule has 0 unspecified atom stereocenters. The predicted molar refractivity (Wildman–Crippen MR) is 96.9 cm³/mol. The van der Waals surface area contributed by atoms with Crippen LogP contribution in [0.1, 0.15) is 19.4 Å². The van der Waals surface area contributed by atoms with E-state index in [9.17, 15) is 9.59 Å². The summed E-state index contributed by atoms with van der Waals surface area (Å²) in [4.78, 5) is 24.2. The summed E-state index contributed by atoms with van der Waals surface area (Å²) in [7, 11) is 1.59. The Morgan fingerprint density at radius 3 is 2.19 bits per heavy atom. The summed E-state index contributed by atoms with van der Waals surface area (Å²) in [6, 6.07) is 16.3. The van der Waals surface area contributed by atoms with Crippen molar-refractivity contribution in [2.75, 3.05) is 7.11 Å². The molecular formula is C20H23NO5. The monoisotopic (exact) mass is 357 g/mol. The molecule has 0 bridgehead atoms. The van der Waals surface area contributed by atoms with Gasteiger partial charge in [0.05, 0.1) is 7.11 Å². The largest absolute Gasteiger partial charge is 0.497 e.